The zero-order valence-corrected chi connectivity index (χ0v) is 22.6. The maximum absolute atomic E-state index is 14.6. The smallest absolute Gasteiger partial charge is 0.433 e. The van der Waals surface area contributed by atoms with Gasteiger partial charge in [-0.25, -0.2) is 18.4 Å². The van der Waals surface area contributed by atoms with Gasteiger partial charge in [0, 0.05) is 26.4 Å². The largest absolute Gasteiger partial charge is 0.461 e. The molecule has 4 rings (SSSR count). The van der Waals surface area contributed by atoms with Crippen LogP contribution in [0.3, 0.4) is 0 Å². The van der Waals surface area contributed by atoms with Gasteiger partial charge >= 0.3 is 6.18 Å². The molecule has 4 aromatic rings. The van der Waals surface area contributed by atoms with Gasteiger partial charge in [0.15, 0.2) is 11.4 Å². The number of hydrogen-bond acceptors (Lipinski definition) is 8. The van der Waals surface area contributed by atoms with Crippen molar-refractivity contribution in [1.29, 1.82) is 0 Å². The fraction of sp³-hybridized carbons (Fsp3) is 0.346. The van der Waals surface area contributed by atoms with Crippen molar-refractivity contribution in [2.75, 3.05) is 0 Å². The highest BCUT2D eigenvalue weighted by molar-refractivity contribution is 5.92. The van der Waals surface area contributed by atoms with Gasteiger partial charge in [0.05, 0.1) is 31.2 Å². The first-order valence-corrected chi connectivity index (χ1v) is 12.9. The lowest BCUT2D eigenvalue weighted by atomic mass is 10.2. The molecule has 2 amide bonds. The number of hydrogen-bond donors (Lipinski definition) is 2. The molecule has 3 aromatic heterocycles. The first-order valence-electron chi connectivity index (χ1n) is 12.9. The summed E-state index contributed by atoms with van der Waals surface area (Å²) in [5.74, 6) is -0.909. The van der Waals surface area contributed by atoms with E-state index < -0.39 is 36.2 Å². The summed E-state index contributed by atoms with van der Waals surface area (Å²) in [6, 6.07) is 9.91. The molecule has 43 heavy (non-hydrogen) atoms. The van der Waals surface area contributed by atoms with Crippen molar-refractivity contribution >= 4 is 11.8 Å². The number of nitrogens with one attached hydrogen (secondary N) is 2. The van der Waals surface area contributed by atoms with Gasteiger partial charge in [0.1, 0.15) is 17.6 Å². The molecule has 0 fully saturated rings. The van der Waals surface area contributed by atoms with E-state index in [2.05, 4.69) is 36.2 Å². The van der Waals surface area contributed by atoms with Crippen LogP contribution < -0.4 is 15.4 Å². The SMILES string of the molecule is C[C@H](F)Oc1cccc(CNC(=O)c2cn(CC(F)CCn3cc(C(=O)NCc4cccc(C(F)(F)F)n4)nn3)nn2)c1. The Morgan fingerprint density at radius 1 is 0.930 bits per heavy atom. The summed E-state index contributed by atoms with van der Waals surface area (Å²) in [5, 5.41) is 20.1. The number of pyridine rings is 1. The summed E-state index contributed by atoms with van der Waals surface area (Å²) in [6.07, 6.45) is -4.96. The molecule has 0 spiro atoms. The number of amides is 2. The van der Waals surface area contributed by atoms with Crippen molar-refractivity contribution in [3.63, 3.8) is 0 Å². The molecular formula is C26H26F5N9O3. The lowest BCUT2D eigenvalue weighted by molar-refractivity contribution is -0.141. The van der Waals surface area contributed by atoms with E-state index in [9.17, 15) is 31.5 Å². The van der Waals surface area contributed by atoms with E-state index in [1.54, 1.807) is 24.3 Å². The highest BCUT2D eigenvalue weighted by Crippen LogP contribution is 2.27. The molecule has 0 aliphatic rings. The third-order valence-electron chi connectivity index (χ3n) is 5.78. The van der Waals surface area contributed by atoms with Crippen LogP contribution in [0.5, 0.6) is 5.75 Å². The Morgan fingerprint density at radius 3 is 2.28 bits per heavy atom. The molecule has 1 aromatic carbocycles. The van der Waals surface area contributed by atoms with Gasteiger partial charge in [-0.3, -0.25) is 14.3 Å². The molecule has 0 radical (unpaired) electrons. The van der Waals surface area contributed by atoms with E-state index >= 15 is 0 Å². The van der Waals surface area contributed by atoms with E-state index in [1.807, 2.05) is 0 Å². The second kappa shape index (κ2) is 13.8. The second-order valence-electron chi connectivity index (χ2n) is 9.26. The highest BCUT2D eigenvalue weighted by atomic mass is 19.4. The molecule has 12 nitrogen and oxygen atoms in total. The van der Waals surface area contributed by atoms with Crippen LogP contribution in [0.2, 0.25) is 0 Å². The van der Waals surface area contributed by atoms with Crippen LogP contribution in [0.25, 0.3) is 0 Å². The van der Waals surface area contributed by atoms with Crippen LogP contribution in [-0.2, 0) is 32.4 Å². The number of alkyl halides is 5. The number of rotatable bonds is 13. The Morgan fingerprint density at radius 2 is 1.58 bits per heavy atom. The maximum atomic E-state index is 14.6. The predicted octanol–water partition coefficient (Wildman–Crippen LogP) is 3.27. The summed E-state index contributed by atoms with van der Waals surface area (Å²) in [7, 11) is 0. The molecule has 1 unspecified atom stereocenters. The minimum absolute atomic E-state index is 0.00863. The van der Waals surface area contributed by atoms with E-state index in [1.165, 1.54) is 40.8 Å². The Balaban J connectivity index is 1.20. The molecule has 3 heterocycles. The molecule has 0 aliphatic heterocycles. The number of aromatic nitrogens is 7. The van der Waals surface area contributed by atoms with E-state index in [0.29, 0.717) is 11.3 Å². The highest BCUT2D eigenvalue weighted by Gasteiger charge is 2.32. The van der Waals surface area contributed by atoms with E-state index in [-0.39, 0.29) is 49.7 Å². The number of halogens is 5. The topological polar surface area (TPSA) is 142 Å². The average molecular weight is 608 g/mol. The number of benzene rings is 1. The third-order valence-corrected chi connectivity index (χ3v) is 5.78. The molecular weight excluding hydrogens is 581 g/mol. The van der Waals surface area contributed by atoms with Crippen LogP contribution in [0.15, 0.2) is 54.9 Å². The normalized spacial score (nSPS) is 12.9. The zero-order chi connectivity index (χ0) is 31.0. The van der Waals surface area contributed by atoms with Crippen molar-refractivity contribution in [3.05, 3.63) is 83.2 Å². The van der Waals surface area contributed by atoms with Crippen molar-refractivity contribution in [2.45, 2.75) is 58.2 Å². The maximum Gasteiger partial charge on any atom is 0.433 e. The van der Waals surface area contributed by atoms with Crippen molar-refractivity contribution in [1.82, 2.24) is 45.6 Å². The van der Waals surface area contributed by atoms with Gasteiger partial charge in [-0.2, -0.15) is 13.2 Å². The van der Waals surface area contributed by atoms with E-state index in [0.717, 1.165) is 6.07 Å². The van der Waals surface area contributed by atoms with Gasteiger partial charge in [-0.15, -0.1) is 10.2 Å². The van der Waals surface area contributed by atoms with Crippen molar-refractivity contribution in [2.24, 2.45) is 0 Å². The van der Waals surface area contributed by atoms with Crippen LogP contribution in [0, 0.1) is 0 Å². The van der Waals surface area contributed by atoms with Gasteiger partial charge in [0.25, 0.3) is 11.8 Å². The van der Waals surface area contributed by atoms with Gasteiger partial charge in [-0.1, -0.05) is 28.6 Å². The fourth-order valence-corrected chi connectivity index (χ4v) is 3.76. The Bertz CT molecular complexity index is 1540. The summed E-state index contributed by atoms with van der Waals surface area (Å²) < 4.78 is 73.5. The number of aryl methyl sites for hydroxylation is 1. The minimum atomic E-state index is -4.61. The molecule has 228 valence electrons. The molecule has 2 atom stereocenters. The van der Waals surface area contributed by atoms with Crippen molar-refractivity contribution in [3.8, 4) is 5.75 Å². The molecule has 0 bridgehead atoms. The second-order valence-corrected chi connectivity index (χ2v) is 9.26. The Hall–Kier alpha value is -4.96. The first kappa shape index (κ1) is 31.0. The van der Waals surface area contributed by atoms with Crippen molar-refractivity contribution < 1.29 is 36.3 Å². The van der Waals surface area contributed by atoms with Crippen LogP contribution in [0.4, 0.5) is 22.0 Å². The molecule has 17 heteroatoms. The fourth-order valence-electron chi connectivity index (χ4n) is 3.76. The summed E-state index contributed by atoms with van der Waals surface area (Å²) >= 11 is 0. The third kappa shape index (κ3) is 9.27. The zero-order valence-electron chi connectivity index (χ0n) is 22.6. The van der Waals surface area contributed by atoms with Gasteiger partial charge in [0.2, 0.25) is 6.36 Å². The predicted molar refractivity (Wildman–Crippen MR) is 139 cm³/mol. The molecule has 0 saturated carbocycles. The monoisotopic (exact) mass is 607 g/mol. The molecule has 2 N–H and O–H groups in total. The lowest BCUT2D eigenvalue weighted by Crippen LogP contribution is -2.24. The Labute approximate surface area is 241 Å². The number of ether oxygens (including phenoxy) is 1. The standard InChI is InChI=1S/C26H26F5N9O3/c1-16(27)43-20-6-2-4-17(10-20)11-32-24(41)22-15-40(38-36-22)13-18(28)8-9-39-14-21(35-37-39)25(42)33-12-19-5-3-7-23(34-19)26(29,30)31/h2-7,10,14-16,18H,8-9,11-13H2,1H3,(H,32,41)(H,33,42)/t16-,18?/m1/s1. The summed E-state index contributed by atoms with van der Waals surface area (Å²) in [5.41, 5.74) is -0.524. The van der Waals surface area contributed by atoms with E-state index in [4.69, 9.17) is 4.74 Å². The minimum Gasteiger partial charge on any atom is -0.461 e. The lowest BCUT2D eigenvalue weighted by Gasteiger charge is -2.09. The van der Waals surface area contributed by atoms with Gasteiger partial charge in [-0.05, 0) is 29.8 Å². The number of carbonyl (C=O) groups excluding carboxylic acids is 2. The average Bonchev–Trinajstić information content (AvgIpc) is 3.63. The molecule has 0 saturated heterocycles. The summed E-state index contributed by atoms with van der Waals surface area (Å²) in [4.78, 5) is 28.2. The number of nitrogens with zero attached hydrogens (tertiary/aromatic N) is 7. The first-order chi connectivity index (χ1) is 20.5. The van der Waals surface area contributed by atoms with Crippen LogP contribution in [-0.4, -0.2) is 59.3 Å². The summed E-state index contributed by atoms with van der Waals surface area (Å²) in [6.45, 7) is 0.968. The van der Waals surface area contributed by atoms with Crippen LogP contribution >= 0.6 is 0 Å². The number of carbonyl (C=O) groups is 2. The van der Waals surface area contributed by atoms with Gasteiger partial charge < -0.3 is 15.4 Å². The quantitative estimate of drug-likeness (QED) is 0.221. The molecule has 0 aliphatic carbocycles. The van der Waals surface area contributed by atoms with Crippen LogP contribution in [0.1, 0.15) is 51.3 Å². The Kier molecular flexibility index (Phi) is 9.95.